The van der Waals surface area contributed by atoms with Crippen molar-refractivity contribution in [2.75, 3.05) is 6.61 Å². The summed E-state index contributed by atoms with van der Waals surface area (Å²) in [6, 6.07) is -0.681. The van der Waals surface area contributed by atoms with Gasteiger partial charge in [-0.15, -0.1) is 0 Å². The third kappa shape index (κ3) is 6.60. The topological polar surface area (TPSA) is 75.6 Å². The Balaban J connectivity index is 4.41. The van der Waals surface area contributed by atoms with E-state index in [9.17, 15) is 9.59 Å². The molecule has 5 heteroatoms. The van der Waals surface area contributed by atoms with Gasteiger partial charge in [-0.2, -0.15) is 0 Å². The quantitative estimate of drug-likeness (QED) is 0.524. The van der Waals surface area contributed by atoms with E-state index in [4.69, 9.17) is 9.84 Å². The van der Waals surface area contributed by atoms with Crippen LogP contribution in [0, 0.1) is 5.92 Å². The second kappa shape index (κ2) is 7.70. The van der Waals surface area contributed by atoms with Crippen LogP contribution >= 0.6 is 0 Å². The molecule has 0 saturated heterocycles. The minimum absolute atomic E-state index is 0.264. The molecule has 0 fully saturated rings. The smallest absolute Gasteiger partial charge is 0.335 e. The van der Waals surface area contributed by atoms with Crippen LogP contribution in [0.5, 0.6) is 0 Å². The zero-order chi connectivity index (χ0) is 13.4. The van der Waals surface area contributed by atoms with Gasteiger partial charge in [-0.1, -0.05) is 13.8 Å². The van der Waals surface area contributed by atoms with Crippen molar-refractivity contribution in [3.63, 3.8) is 0 Å². The van der Waals surface area contributed by atoms with E-state index in [0.29, 0.717) is 18.6 Å². The first-order valence-corrected chi connectivity index (χ1v) is 5.71. The number of ether oxygens (including phenoxy) is 1. The number of hydrogen-bond donors (Lipinski definition) is 2. The van der Waals surface area contributed by atoms with Crippen molar-refractivity contribution < 1.29 is 19.4 Å². The normalized spacial score (nSPS) is 13.4. The Morgan fingerprint density at radius 1 is 1.41 bits per heavy atom. The van der Waals surface area contributed by atoms with Gasteiger partial charge in [-0.25, -0.2) is 9.59 Å². The average molecular weight is 243 g/mol. The van der Waals surface area contributed by atoms with E-state index in [1.165, 1.54) is 6.20 Å². The highest BCUT2D eigenvalue weighted by Crippen LogP contribution is 2.05. The summed E-state index contributed by atoms with van der Waals surface area (Å²) in [5.41, 5.74) is 0.363. The van der Waals surface area contributed by atoms with Gasteiger partial charge in [0.05, 0.1) is 6.61 Å². The second-order valence-electron chi connectivity index (χ2n) is 4.23. The molecule has 0 aliphatic rings. The monoisotopic (exact) mass is 243 g/mol. The summed E-state index contributed by atoms with van der Waals surface area (Å²) in [6.45, 7) is 7.49. The van der Waals surface area contributed by atoms with E-state index in [1.54, 1.807) is 13.8 Å². The molecule has 0 bridgehead atoms. The Morgan fingerprint density at radius 3 is 2.41 bits per heavy atom. The van der Waals surface area contributed by atoms with Crippen LogP contribution in [0.4, 0.5) is 0 Å². The lowest BCUT2D eigenvalue weighted by Crippen LogP contribution is -2.34. The highest BCUT2D eigenvalue weighted by Gasteiger charge is 2.17. The van der Waals surface area contributed by atoms with Crippen LogP contribution in [0.3, 0.4) is 0 Å². The summed E-state index contributed by atoms with van der Waals surface area (Å²) >= 11 is 0. The lowest BCUT2D eigenvalue weighted by atomic mass is 10.0. The SMILES string of the molecule is CCOC(=O)C(C)=CN[C@@H](CC(C)C)C(=O)O. The molecule has 0 aromatic carbocycles. The van der Waals surface area contributed by atoms with Gasteiger partial charge < -0.3 is 15.2 Å². The Bertz CT molecular complexity index is 297. The molecule has 1 atom stereocenters. The van der Waals surface area contributed by atoms with Crippen LogP contribution in [0.2, 0.25) is 0 Å². The van der Waals surface area contributed by atoms with Crippen LogP contribution in [-0.4, -0.2) is 29.7 Å². The number of hydrogen-bond acceptors (Lipinski definition) is 4. The van der Waals surface area contributed by atoms with E-state index in [2.05, 4.69) is 5.32 Å². The minimum Gasteiger partial charge on any atom is -0.480 e. The number of aliphatic carboxylic acids is 1. The largest absolute Gasteiger partial charge is 0.480 e. The number of esters is 1. The second-order valence-corrected chi connectivity index (χ2v) is 4.23. The van der Waals surface area contributed by atoms with Crippen molar-refractivity contribution in [2.24, 2.45) is 5.92 Å². The molecule has 0 rings (SSSR count). The first-order chi connectivity index (χ1) is 7.88. The number of nitrogens with one attached hydrogen (secondary N) is 1. The van der Waals surface area contributed by atoms with Gasteiger partial charge in [0.25, 0.3) is 0 Å². The molecule has 0 unspecified atom stereocenters. The van der Waals surface area contributed by atoms with E-state index in [-0.39, 0.29) is 5.92 Å². The fraction of sp³-hybridized carbons (Fsp3) is 0.667. The van der Waals surface area contributed by atoms with Crippen LogP contribution < -0.4 is 5.32 Å². The van der Waals surface area contributed by atoms with Gasteiger partial charge in [0, 0.05) is 11.8 Å². The summed E-state index contributed by atoms with van der Waals surface area (Å²) in [7, 11) is 0. The molecule has 0 heterocycles. The van der Waals surface area contributed by atoms with Gasteiger partial charge in [0.1, 0.15) is 6.04 Å². The molecule has 0 amide bonds. The van der Waals surface area contributed by atoms with Gasteiger partial charge in [-0.05, 0) is 26.2 Å². The molecule has 0 aromatic rings. The molecular formula is C12H21NO4. The Morgan fingerprint density at radius 2 is 2.00 bits per heavy atom. The number of carboxylic acids is 1. The van der Waals surface area contributed by atoms with E-state index in [1.807, 2.05) is 13.8 Å². The van der Waals surface area contributed by atoms with E-state index >= 15 is 0 Å². The number of carboxylic acid groups (broad SMARTS) is 1. The van der Waals surface area contributed by atoms with Crippen molar-refractivity contribution >= 4 is 11.9 Å². The molecule has 5 nitrogen and oxygen atoms in total. The molecule has 17 heavy (non-hydrogen) atoms. The maximum absolute atomic E-state index is 11.3. The summed E-state index contributed by atoms with van der Waals surface area (Å²) in [4.78, 5) is 22.2. The lowest BCUT2D eigenvalue weighted by molar-refractivity contribution is -0.140. The zero-order valence-electron chi connectivity index (χ0n) is 10.8. The number of carbonyl (C=O) groups is 2. The molecule has 0 aliphatic heterocycles. The Kier molecular flexibility index (Phi) is 7.02. The minimum atomic E-state index is -0.924. The van der Waals surface area contributed by atoms with Gasteiger partial charge >= 0.3 is 11.9 Å². The molecular weight excluding hydrogens is 222 g/mol. The average Bonchev–Trinajstić information content (AvgIpc) is 2.23. The first-order valence-electron chi connectivity index (χ1n) is 5.71. The summed E-state index contributed by atoms with van der Waals surface area (Å²) in [6.07, 6.45) is 1.90. The van der Waals surface area contributed by atoms with Crippen molar-refractivity contribution in [1.29, 1.82) is 0 Å². The fourth-order valence-electron chi connectivity index (χ4n) is 1.24. The maximum atomic E-state index is 11.3. The molecule has 0 spiro atoms. The van der Waals surface area contributed by atoms with Crippen LogP contribution in [0.15, 0.2) is 11.8 Å². The highest BCUT2D eigenvalue weighted by atomic mass is 16.5. The molecule has 0 saturated carbocycles. The number of carbonyl (C=O) groups excluding carboxylic acids is 1. The van der Waals surface area contributed by atoms with Crippen molar-refractivity contribution in [3.05, 3.63) is 11.8 Å². The highest BCUT2D eigenvalue weighted by molar-refractivity contribution is 5.87. The van der Waals surface area contributed by atoms with E-state index < -0.39 is 18.0 Å². The predicted octanol–water partition coefficient (Wildman–Crippen LogP) is 1.54. The van der Waals surface area contributed by atoms with Crippen LogP contribution in [0.25, 0.3) is 0 Å². The summed E-state index contributed by atoms with van der Waals surface area (Å²) < 4.78 is 4.78. The first kappa shape index (κ1) is 15.5. The van der Waals surface area contributed by atoms with E-state index in [0.717, 1.165) is 0 Å². The van der Waals surface area contributed by atoms with Crippen molar-refractivity contribution in [3.8, 4) is 0 Å². The Hall–Kier alpha value is -1.52. The van der Waals surface area contributed by atoms with Crippen molar-refractivity contribution in [1.82, 2.24) is 5.32 Å². The van der Waals surface area contributed by atoms with Crippen LogP contribution in [0.1, 0.15) is 34.1 Å². The third-order valence-electron chi connectivity index (χ3n) is 2.10. The third-order valence-corrected chi connectivity index (χ3v) is 2.10. The van der Waals surface area contributed by atoms with Gasteiger partial charge in [0.15, 0.2) is 0 Å². The van der Waals surface area contributed by atoms with Gasteiger partial charge in [-0.3, -0.25) is 0 Å². The standard InChI is InChI=1S/C12H21NO4/c1-5-17-12(16)9(4)7-13-10(11(14)15)6-8(2)3/h7-8,10,13H,5-6H2,1-4H3,(H,14,15)/t10-/m0/s1. The molecule has 0 aromatic heterocycles. The lowest BCUT2D eigenvalue weighted by Gasteiger charge is -2.15. The molecule has 0 radical (unpaired) electrons. The number of rotatable bonds is 7. The fourth-order valence-corrected chi connectivity index (χ4v) is 1.24. The molecule has 98 valence electrons. The molecule has 0 aliphatic carbocycles. The predicted molar refractivity (Wildman–Crippen MR) is 64.4 cm³/mol. The van der Waals surface area contributed by atoms with Gasteiger partial charge in [0.2, 0.25) is 0 Å². The Labute approximate surface area is 102 Å². The van der Waals surface area contributed by atoms with Crippen LogP contribution in [-0.2, 0) is 14.3 Å². The summed E-state index contributed by atoms with van der Waals surface area (Å²) in [5.74, 6) is -1.10. The van der Waals surface area contributed by atoms with Crippen molar-refractivity contribution in [2.45, 2.75) is 40.2 Å². The summed E-state index contributed by atoms with van der Waals surface area (Å²) in [5, 5.41) is 11.7. The molecule has 2 N–H and O–H groups in total. The maximum Gasteiger partial charge on any atom is 0.335 e. The zero-order valence-corrected chi connectivity index (χ0v) is 10.8.